The molecule has 0 bridgehead atoms. The van der Waals surface area contributed by atoms with Gasteiger partial charge in [-0.2, -0.15) is 0 Å². The van der Waals surface area contributed by atoms with E-state index in [-0.39, 0.29) is 5.54 Å². The molecule has 1 saturated carbocycles. The van der Waals surface area contributed by atoms with Gasteiger partial charge < -0.3 is 5.32 Å². The summed E-state index contributed by atoms with van der Waals surface area (Å²) in [5, 5.41) is 4.60. The average Bonchev–Trinajstić information content (AvgIpc) is 2.39. The zero-order chi connectivity index (χ0) is 14.8. The minimum Gasteiger partial charge on any atom is -0.312 e. The summed E-state index contributed by atoms with van der Waals surface area (Å²) >= 11 is 6.31. The first-order chi connectivity index (χ1) is 9.37. The van der Waals surface area contributed by atoms with Gasteiger partial charge in [-0.25, -0.2) is 0 Å². The summed E-state index contributed by atoms with van der Waals surface area (Å²) in [6, 6.07) is 6.64. The molecule has 1 fully saturated rings. The van der Waals surface area contributed by atoms with Gasteiger partial charge in [0.1, 0.15) is 0 Å². The Labute approximate surface area is 129 Å². The van der Waals surface area contributed by atoms with E-state index < -0.39 is 0 Å². The van der Waals surface area contributed by atoms with Crippen LogP contribution in [0.2, 0.25) is 5.02 Å². The maximum Gasteiger partial charge on any atom is 0.0438 e. The van der Waals surface area contributed by atoms with Crippen molar-refractivity contribution in [3.8, 4) is 0 Å². The maximum absolute atomic E-state index is 6.31. The lowest BCUT2D eigenvalue weighted by atomic mass is 9.75. The van der Waals surface area contributed by atoms with Crippen LogP contribution in [-0.2, 0) is 0 Å². The van der Waals surface area contributed by atoms with Crippen LogP contribution in [0.4, 0.5) is 0 Å². The molecule has 0 heterocycles. The molecular weight excluding hydrogens is 266 g/mol. The Kier molecular flexibility index (Phi) is 5.14. The van der Waals surface area contributed by atoms with Crippen molar-refractivity contribution in [2.75, 3.05) is 6.54 Å². The normalized spacial score (nSPS) is 23.9. The van der Waals surface area contributed by atoms with Gasteiger partial charge in [0.15, 0.2) is 0 Å². The van der Waals surface area contributed by atoms with Crippen LogP contribution < -0.4 is 5.32 Å². The first-order valence-electron chi connectivity index (χ1n) is 7.88. The Morgan fingerprint density at radius 3 is 2.55 bits per heavy atom. The highest BCUT2D eigenvalue weighted by Gasteiger charge is 2.27. The molecule has 20 heavy (non-hydrogen) atoms. The lowest BCUT2D eigenvalue weighted by Gasteiger charge is -2.34. The number of hydrogen-bond acceptors (Lipinski definition) is 1. The SMILES string of the molecule is Cc1ccc(C2CCCCC2CNC(C)(C)C)cc1Cl. The molecule has 1 aliphatic rings. The summed E-state index contributed by atoms with van der Waals surface area (Å²) < 4.78 is 0. The Hall–Kier alpha value is -0.530. The molecule has 1 aliphatic carbocycles. The van der Waals surface area contributed by atoms with Gasteiger partial charge in [-0.1, -0.05) is 36.6 Å². The smallest absolute Gasteiger partial charge is 0.0438 e. The van der Waals surface area contributed by atoms with Crippen LogP contribution in [0, 0.1) is 12.8 Å². The molecule has 0 spiro atoms. The van der Waals surface area contributed by atoms with Gasteiger partial charge in [0.25, 0.3) is 0 Å². The number of aryl methyl sites for hydroxylation is 1. The lowest BCUT2D eigenvalue weighted by molar-refractivity contribution is 0.269. The van der Waals surface area contributed by atoms with Crippen molar-refractivity contribution < 1.29 is 0 Å². The van der Waals surface area contributed by atoms with Crippen molar-refractivity contribution >= 4 is 11.6 Å². The Morgan fingerprint density at radius 1 is 1.20 bits per heavy atom. The third-order valence-electron chi connectivity index (χ3n) is 4.43. The molecule has 1 N–H and O–H groups in total. The van der Waals surface area contributed by atoms with E-state index in [9.17, 15) is 0 Å². The van der Waals surface area contributed by atoms with Crippen molar-refractivity contribution in [2.24, 2.45) is 5.92 Å². The lowest BCUT2D eigenvalue weighted by Crippen LogP contribution is -2.41. The van der Waals surface area contributed by atoms with E-state index in [1.54, 1.807) is 0 Å². The molecule has 2 heteroatoms. The highest BCUT2D eigenvalue weighted by molar-refractivity contribution is 6.31. The number of hydrogen-bond donors (Lipinski definition) is 1. The van der Waals surface area contributed by atoms with E-state index in [0.29, 0.717) is 5.92 Å². The van der Waals surface area contributed by atoms with Crippen molar-refractivity contribution in [3.05, 3.63) is 34.3 Å². The van der Waals surface area contributed by atoms with Gasteiger partial charge in [-0.3, -0.25) is 0 Å². The zero-order valence-corrected chi connectivity index (χ0v) is 14.1. The molecule has 0 amide bonds. The second-order valence-electron chi connectivity index (χ2n) is 7.29. The third kappa shape index (κ3) is 4.23. The predicted molar refractivity (Wildman–Crippen MR) is 88.6 cm³/mol. The van der Waals surface area contributed by atoms with Crippen molar-refractivity contribution in [1.82, 2.24) is 5.32 Å². The fourth-order valence-corrected chi connectivity index (χ4v) is 3.36. The fraction of sp³-hybridized carbons (Fsp3) is 0.667. The average molecular weight is 294 g/mol. The molecule has 1 aromatic carbocycles. The second kappa shape index (κ2) is 6.49. The summed E-state index contributed by atoms with van der Waals surface area (Å²) in [7, 11) is 0. The van der Waals surface area contributed by atoms with Crippen LogP contribution in [0.15, 0.2) is 18.2 Å². The molecule has 1 nitrogen and oxygen atoms in total. The van der Waals surface area contributed by atoms with Gasteiger partial charge in [0.05, 0.1) is 0 Å². The van der Waals surface area contributed by atoms with Gasteiger partial charge >= 0.3 is 0 Å². The molecule has 0 aliphatic heterocycles. The quantitative estimate of drug-likeness (QED) is 0.796. The minimum absolute atomic E-state index is 0.201. The first kappa shape index (κ1) is 15.9. The second-order valence-corrected chi connectivity index (χ2v) is 7.70. The molecule has 2 unspecified atom stereocenters. The standard InChI is InChI=1S/C18H28ClN/c1-13-9-10-14(11-17(13)19)16-8-6-5-7-15(16)12-20-18(2,3)4/h9-11,15-16,20H,5-8,12H2,1-4H3. The summed E-state index contributed by atoms with van der Waals surface area (Å²) in [6.07, 6.45) is 5.35. The summed E-state index contributed by atoms with van der Waals surface area (Å²) in [4.78, 5) is 0. The van der Waals surface area contributed by atoms with E-state index in [4.69, 9.17) is 11.6 Å². The van der Waals surface area contributed by atoms with E-state index in [1.807, 2.05) is 0 Å². The van der Waals surface area contributed by atoms with Crippen LogP contribution in [0.25, 0.3) is 0 Å². The van der Waals surface area contributed by atoms with Crippen LogP contribution in [0.1, 0.15) is 63.5 Å². The molecule has 0 saturated heterocycles. The molecule has 2 rings (SSSR count). The topological polar surface area (TPSA) is 12.0 Å². The number of benzene rings is 1. The summed E-state index contributed by atoms with van der Waals surface area (Å²) in [5.41, 5.74) is 2.81. The molecular formula is C18H28ClN. The third-order valence-corrected chi connectivity index (χ3v) is 4.83. The van der Waals surface area contributed by atoms with Crippen LogP contribution in [0.5, 0.6) is 0 Å². The first-order valence-corrected chi connectivity index (χ1v) is 8.26. The van der Waals surface area contributed by atoms with E-state index in [2.05, 4.69) is 51.2 Å². The number of halogens is 1. The summed E-state index contributed by atoms with van der Waals surface area (Å²) in [5.74, 6) is 1.40. The van der Waals surface area contributed by atoms with Gasteiger partial charge in [0, 0.05) is 10.6 Å². The molecule has 0 aromatic heterocycles. The highest BCUT2D eigenvalue weighted by atomic mass is 35.5. The van der Waals surface area contributed by atoms with Crippen LogP contribution in [-0.4, -0.2) is 12.1 Å². The Bertz CT molecular complexity index is 447. The predicted octanol–water partition coefficient (Wildman–Crippen LogP) is 5.31. The van der Waals surface area contributed by atoms with Gasteiger partial charge in [0.2, 0.25) is 0 Å². The van der Waals surface area contributed by atoms with Gasteiger partial charge in [-0.05, 0) is 76.1 Å². The van der Waals surface area contributed by atoms with E-state index >= 15 is 0 Å². The van der Waals surface area contributed by atoms with Crippen LogP contribution in [0.3, 0.4) is 0 Å². The van der Waals surface area contributed by atoms with Crippen molar-refractivity contribution in [2.45, 2.75) is 64.8 Å². The molecule has 1 aromatic rings. The maximum atomic E-state index is 6.31. The molecule has 0 radical (unpaired) electrons. The monoisotopic (exact) mass is 293 g/mol. The van der Waals surface area contributed by atoms with E-state index in [1.165, 1.54) is 36.8 Å². The summed E-state index contributed by atoms with van der Waals surface area (Å²) in [6.45, 7) is 9.92. The number of nitrogens with one attached hydrogen (secondary N) is 1. The minimum atomic E-state index is 0.201. The molecule has 112 valence electrons. The van der Waals surface area contributed by atoms with Crippen LogP contribution >= 0.6 is 11.6 Å². The fourth-order valence-electron chi connectivity index (χ4n) is 3.17. The largest absolute Gasteiger partial charge is 0.312 e. The van der Waals surface area contributed by atoms with Gasteiger partial charge in [-0.15, -0.1) is 0 Å². The van der Waals surface area contributed by atoms with Crippen molar-refractivity contribution in [3.63, 3.8) is 0 Å². The van der Waals surface area contributed by atoms with E-state index in [0.717, 1.165) is 17.5 Å². The Balaban J connectivity index is 2.11. The zero-order valence-electron chi connectivity index (χ0n) is 13.3. The number of rotatable bonds is 3. The highest BCUT2D eigenvalue weighted by Crippen LogP contribution is 2.38. The Morgan fingerprint density at radius 2 is 1.90 bits per heavy atom. The molecule has 2 atom stereocenters. The van der Waals surface area contributed by atoms with Crippen molar-refractivity contribution in [1.29, 1.82) is 0 Å².